The van der Waals surface area contributed by atoms with Crippen molar-refractivity contribution in [2.45, 2.75) is 39.2 Å². The first kappa shape index (κ1) is 16.4. The van der Waals surface area contributed by atoms with Gasteiger partial charge in [-0.05, 0) is 31.2 Å². The van der Waals surface area contributed by atoms with Crippen LogP contribution in [0.15, 0.2) is 0 Å². The van der Waals surface area contributed by atoms with Crippen LogP contribution in [0.4, 0.5) is 5.00 Å². The molecular weight excluding hydrogens is 358 g/mol. The molecule has 0 saturated heterocycles. The van der Waals surface area contributed by atoms with E-state index in [0.717, 1.165) is 47.7 Å². The second-order valence-electron chi connectivity index (χ2n) is 5.17. The highest BCUT2D eigenvalue weighted by atomic mass is 35.5. The summed E-state index contributed by atoms with van der Waals surface area (Å²) in [5.74, 6) is -0.665. The van der Waals surface area contributed by atoms with Gasteiger partial charge in [-0.25, -0.2) is 4.79 Å². The average molecular weight is 372 g/mol. The van der Waals surface area contributed by atoms with E-state index in [1.165, 1.54) is 18.3 Å². The maximum atomic E-state index is 12.5. The van der Waals surface area contributed by atoms with Crippen LogP contribution in [0.1, 0.15) is 46.3 Å². The number of anilines is 1. The van der Waals surface area contributed by atoms with Crippen molar-refractivity contribution in [3.63, 3.8) is 0 Å². The third-order valence-electron chi connectivity index (χ3n) is 3.51. The fourth-order valence-corrected chi connectivity index (χ4v) is 4.44. The Labute approximate surface area is 146 Å². The van der Waals surface area contributed by atoms with Crippen LogP contribution in [0, 0.1) is 0 Å². The Hall–Kier alpha value is -1.51. The molecule has 1 N–H and O–H groups in total. The lowest BCUT2D eigenvalue weighted by molar-refractivity contribution is -0.114. The van der Waals surface area contributed by atoms with Crippen molar-refractivity contribution in [1.82, 2.24) is 9.59 Å². The van der Waals surface area contributed by atoms with Gasteiger partial charge in [0.05, 0.1) is 5.56 Å². The molecule has 1 amide bonds. The molecule has 1 aliphatic rings. The third kappa shape index (κ3) is 3.54. The number of hydrogen-bond donors (Lipinski definition) is 1. The zero-order valence-electron chi connectivity index (χ0n) is 12.3. The van der Waals surface area contributed by atoms with Crippen LogP contribution >= 0.6 is 34.5 Å². The molecule has 0 bridgehead atoms. The fraction of sp³-hybridized carbons (Fsp3) is 0.429. The van der Waals surface area contributed by atoms with E-state index in [1.54, 1.807) is 0 Å². The van der Waals surface area contributed by atoms with Crippen LogP contribution in [0.25, 0.3) is 0 Å². The van der Waals surface area contributed by atoms with Gasteiger partial charge in [-0.1, -0.05) is 16.1 Å². The Morgan fingerprint density at radius 3 is 2.83 bits per heavy atom. The highest BCUT2D eigenvalue weighted by Crippen LogP contribution is 2.38. The van der Waals surface area contributed by atoms with Gasteiger partial charge in [0, 0.05) is 23.3 Å². The Morgan fingerprint density at radius 2 is 2.13 bits per heavy atom. The number of halogens is 1. The molecular formula is C14H14ClN3O3S2. The number of amides is 1. The lowest BCUT2D eigenvalue weighted by Crippen LogP contribution is -2.13. The molecule has 0 radical (unpaired) electrons. The van der Waals surface area contributed by atoms with Crippen molar-refractivity contribution >= 4 is 51.3 Å². The van der Waals surface area contributed by atoms with E-state index < -0.39 is 5.97 Å². The lowest BCUT2D eigenvalue weighted by Gasteiger charge is -2.12. The molecule has 0 unspecified atom stereocenters. The van der Waals surface area contributed by atoms with E-state index in [9.17, 15) is 9.59 Å². The normalized spacial score (nSPS) is 13.5. The topological polar surface area (TPSA) is 81.2 Å². The molecule has 6 nitrogen and oxygen atoms in total. The average Bonchev–Trinajstić information content (AvgIpc) is 3.07. The molecule has 1 aliphatic carbocycles. The number of nitrogens with zero attached hydrogens (tertiary/aromatic N) is 2. The van der Waals surface area contributed by atoms with Crippen LogP contribution in [-0.4, -0.2) is 21.5 Å². The van der Waals surface area contributed by atoms with Gasteiger partial charge in [-0.2, -0.15) is 0 Å². The quantitative estimate of drug-likeness (QED) is 0.832. The number of thiophene rings is 1. The minimum Gasteiger partial charge on any atom is -0.455 e. The summed E-state index contributed by atoms with van der Waals surface area (Å²) in [5.41, 5.74) is 1.91. The molecule has 9 heteroatoms. The van der Waals surface area contributed by atoms with Crippen LogP contribution < -0.4 is 5.32 Å². The molecule has 23 heavy (non-hydrogen) atoms. The minimum absolute atomic E-state index is 0.0295. The number of nitrogens with one attached hydrogen (secondary N) is 1. The van der Waals surface area contributed by atoms with Crippen LogP contribution in [0.3, 0.4) is 0 Å². The molecule has 0 aromatic carbocycles. The van der Waals surface area contributed by atoms with E-state index in [0.29, 0.717) is 20.6 Å². The molecule has 0 atom stereocenters. The Kier molecular flexibility index (Phi) is 4.93. The van der Waals surface area contributed by atoms with Gasteiger partial charge in [0.25, 0.3) is 0 Å². The van der Waals surface area contributed by atoms with Crippen molar-refractivity contribution < 1.29 is 14.3 Å². The zero-order valence-corrected chi connectivity index (χ0v) is 14.7. The van der Waals surface area contributed by atoms with Crippen molar-refractivity contribution in [3.05, 3.63) is 26.0 Å². The second kappa shape index (κ2) is 6.94. The van der Waals surface area contributed by atoms with Gasteiger partial charge >= 0.3 is 5.97 Å². The van der Waals surface area contributed by atoms with Gasteiger partial charge in [-0.15, -0.1) is 16.4 Å². The van der Waals surface area contributed by atoms with Crippen molar-refractivity contribution in [2.75, 3.05) is 5.32 Å². The van der Waals surface area contributed by atoms with E-state index >= 15 is 0 Å². The summed E-state index contributed by atoms with van der Waals surface area (Å²) < 4.78 is 9.45. The van der Waals surface area contributed by atoms with Crippen molar-refractivity contribution in [2.24, 2.45) is 0 Å². The maximum absolute atomic E-state index is 12.5. The first-order valence-electron chi connectivity index (χ1n) is 7.12. The molecule has 3 rings (SSSR count). The first-order chi connectivity index (χ1) is 11.1. The van der Waals surface area contributed by atoms with Crippen molar-refractivity contribution in [1.29, 1.82) is 0 Å². The second-order valence-corrected chi connectivity index (χ2v) is 7.63. The number of aryl methyl sites for hydroxylation is 1. The highest BCUT2D eigenvalue weighted by molar-refractivity contribution is 7.17. The van der Waals surface area contributed by atoms with Crippen molar-refractivity contribution in [3.8, 4) is 0 Å². The predicted molar refractivity (Wildman–Crippen MR) is 89.3 cm³/mol. The smallest absolute Gasteiger partial charge is 0.341 e. The van der Waals surface area contributed by atoms with Gasteiger partial charge in [0.2, 0.25) is 5.91 Å². The summed E-state index contributed by atoms with van der Waals surface area (Å²) >= 11 is 8.42. The number of hydrogen-bond acceptors (Lipinski definition) is 7. The Balaban J connectivity index is 1.84. The molecule has 0 saturated carbocycles. The standard InChI is InChI=1S/C14H14ClN3O3S2/c1-7(19)16-13-11(8-4-2-3-5-10(8)22-13)14(20)21-6-9-12(15)23-18-17-9/h2-6H2,1H3,(H,16,19). The predicted octanol–water partition coefficient (Wildman–Crippen LogP) is 3.45. The monoisotopic (exact) mass is 371 g/mol. The van der Waals surface area contributed by atoms with Gasteiger partial charge < -0.3 is 10.1 Å². The molecule has 122 valence electrons. The number of esters is 1. The number of fused-ring (bicyclic) bond motifs is 1. The highest BCUT2D eigenvalue weighted by Gasteiger charge is 2.27. The van der Waals surface area contributed by atoms with Crippen LogP contribution in [-0.2, 0) is 29.0 Å². The summed E-state index contributed by atoms with van der Waals surface area (Å²) in [6.45, 7) is 1.40. The fourth-order valence-electron chi connectivity index (χ4n) is 2.52. The van der Waals surface area contributed by atoms with Gasteiger partial charge in [0.15, 0.2) is 0 Å². The number of rotatable bonds is 4. The summed E-state index contributed by atoms with van der Waals surface area (Å²) in [6, 6.07) is 0. The summed E-state index contributed by atoms with van der Waals surface area (Å²) in [7, 11) is 0. The molecule has 0 spiro atoms. The Morgan fingerprint density at radius 1 is 1.35 bits per heavy atom. The number of carbonyl (C=O) groups is 2. The van der Waals surface area contributed by atoms with E-state index in [1.807, 2.05) is 0 Å². The first-order valence-corrected chi connectivity index (χ1v) is 9.09. The van der Waals surface area contributed by atoms with Gasteiger partial charge in [0.1, 0.15) is 21.6 Å². The number of ether oxygens (including phenoxy) is 1. The van der Waals surface area contributed by atoms with E-state index in [-0.39, 0.29) is 12.5 Å². The van der Waals surface area contributed by atoms with Gasteiger partial charge in [-0.3, -0.25) is 4.79 Å². The van der Waals surface area contributed by atoms with E-state index in [4.69, 9.17) is 16.3 Å². The summed E-state index contributed by atoms with van der Waals surface area (Å²) in [4.78, 5) is 25.1. The molecule has 0 aliphatic heterocycles. The summed E-state index contributed by atoms with van der Waals surface area (Å²) in [5, 5.41) is 7.13. The molecule has 2 aromatic rings. The largest absolute Gasteiger partial charge is 0.455 e. The number of carbonyl (C=O) groups excluding carboxylic acids is 2. The third-order valence-corrected chi connectivity index (χ3v) is 5.71. The molecule has 2 aromatic heterocycles. The molecule has 0 fully saturated rings. The minimum atomic E-state index is -0.461. The number of aromatic nitrogens is 2. The van der Waals surface area contributed by atoms with Crippen LogP contribution in [0.5, 0.6) is 0 Å². The van der Waals surface area contributed by atoms with E-state index in [2.05, 4.69) is 14.9 Å². The zero-order chi connectivity index (χ0) is 16.4. The maximum Gasteiger partial charge on any atom is 0.341 e. The lowest BCUT2D eigenvalue weighted by atomic mass is 9.95. The summed E-state index contributed by atoms with van der Waals surface area (Å²) in [6.07, 6.45) is 3.89. The Bertz CT molecular complexity index is 757. The van der Waals surface area contributed by atoms with Crippen LogP contribution in [0.2, 0.25) is 4.34 Å². The SMILES string of the molecule is CC(=O)Nc1sc2c(c1C(=O)OCc1nnsc1Cl)CCCC2. The molecule has 2 heterocycles.